The van der Waals surface area contributed by atoms with Gasteiger partial charge in [-0.25, -0.2) is 27.2 Å². The Bertz CT molecular complexity index is 1800. The van der Waals surface area contributed by atoms with Gasteiger partial charge in [0.1, 0.15) is 15.4 Å². The molecule has 2 aliphatic rings. The third-order valence-corrected chi connectivity index (χ3v) is 11.4. The monoisotopic (exact) mass is 581 g/mol. The van der Waals surface area contributed by atoms with Crippen molar-refractivity contribution >= 4 is 55.5 Å². The van der Waals surface area contributed by atoms with Crippen molar-refractivity contribution in [2.45, 2.75) is 43.0 Å². The van der Waals surface area contributed by atoms with Crippen LogP contribution in [-0.2, 0) is 15.6 Å². The SMILES string of the molecule is CC1(S(=O)(=O)n2c(-c3ccc(C(=O)O)cc3)cc3cccnc32)C=C(Cl)C(c2cnc(C3(O)CCC3)s2)=CC1. The number of hydrogen-bond acceptors (Lipinski definition) is 7. The van der Waals surface area contributed by atoms with Gasteiger partial charge in [0.25, 0.3) is 0 Å². The Morgan fingerprint density at radius 1 is 1.15 bits per heavy atom. The van der Waals surface area contributed by atoms with E-state index >= 15 is 0 Å². The number of halogens is 1. The molecule has 0 radical (unpaired) electrons. The van der Waals surface area contributed by atoms with Crippen LogP contribution in [0.25, 0.3) is 27.9 Å². The molecule has 1 unspecified atom stereocenters. The molecule has 0 bridgehead atoms. The van der Waals surface area contributed by atoms with Gasteiger partial charge >= 0.3 is 5.97 Å². The third kappa shape index (κ3) is 4.13. The Morgan fingerprint density at radius 3 is 2.54 bits per heavy atom. The molecule has 2 aliphatic carbocycles. The minimum atomic E-state index is -4.12. The second-order valence-electron chi connectivity index (χ2n) is 10.1. The predicted octanol–water partition coefficient (Wildman–Crippen LogP) is 5.78. The van der Waals surface area contributed by atoms with Crippen LogP contribution < -0.4 is 0 Å². The maximum absolute atomic E-state index is 14.4. The predicted molar refractivity (Wildman–Crippen MR) is 151 cm³/mol. The van der Waals surface area contributed by atoms with E-state index in [4.69, 9.17) is 11.6 Å². The number of benzene rings is 1. The van der Waals surface area contributed by atoms with Crippen LogP contribution in [-0.4, -0.2) is 43.3 Å². The number of aromatic nitrogens is 3. The summed E-state index contributed by atoms with van der Waals surface area (Å²) in [4.78, 5) is 20.9. The summed E-state index contributed by atoms with van der Waals surface area (Å²) in [5.41, 5.74) is 1.10. The first-order chi connectivity index (χ1) is 18.5. The number of aliphatic hydroxyl groups is 1. The van der Waals surface area contributed by atoms with E-state index in [-0.39, 0.29) is 17.6 Å². The molecule has 0 aliphatic heterocycles. The average Bonchev–Trinajstić information content (AvgIpc) is 3.53. The van der Waals surface area contributed by atoms with Gasteiger partial charge in [-0.2, -0.15) is 0 Å². The minimum absolute atomic E-state index is 0.102. The van der Waals surface area contributed by atoms with Gasteiger partial charge in [-0.05, 0) is 74.6 Å². The molecule has 1 atom stereocenters. The van der Waals surface area contributed by atoms with E-state index < -0.39 is 26.3 Å². The fraction of sp³-hybridized carbons (Fsp3) is 0.250. The molecule has 8 nitrogen and oxygen atoms in total. The summed E-state index contributed by atoms with van der Waals surface area (Å²) in [5, 5.41) is 21.5. The lowest BCUT2D eigenvalue weighted by Gasteiger charge is -2.34. The molecule has 0 amide bonds. The maximum Gasteiger partial charge on any atom is 0.335 e. The van der Waals surface area contributed by atoms with Gasteiger partial charge in [-0.1, -0.05) is 29.8 Å². The number of carbonyl (C=O) groups is 1. The highest BCUT2D eigenvalue weighted by Gasteiger charge is 2.43. The molecule has 4 aromatic rings. The fourth-order valence-electron chi connectivity index (χ4n) is 4.99. The summed E-state index contributed by atoms with van der Waals surface area (Å²) in [5.74, 6) is -1.07. The van der Waals surface area contributed by atoms with E-state index in [2.05, 4.69) is 9.97 Å². The van der Waals surface area contributed by atoms with Crippen LogP contribution in [0.15, 0.2) is 72.0 Å². The Balaban J connectivity index is 1.41. The number of carboxylic acid groups (broad SMARTS) is 1. The summed E-state index contributed by atoms with van der Waals surface area (Å²) in [6.45, 7) is 1.62. The molecule has 3 aromatic heterocycles. The first-order valence-corrected chi connectivity index (χ1v) is 15.0. The molecule has 11 heteroatoms. The van der Waals surface area contributed by atoms with Crippen LogP contribution >= 0.6 is 22.9 Å². The van der Waals surface area contributed by atoms with Crippen LogP contribution in [0.2, 0.25) is 0 Å². The van der Waals surface area contributed by atoms with E-state index in [9.17, 15) is 23.4 Å². The van der Waals surface area contributed by atoms with Crippen molar-refractivity contribution in [2.75, 3.05) is 0 Å². The standard InChI is InChI=1S/C28H24ClN3O5S2/c1-27(12-9-20(21(29)15-27)23-16-31-26(38-23)28(35)10-3-11-28)39(36,37)32-22(14-19-4-2-13-30-24(19)32)17-5-7-18(8-6-17)25(33)34/h2,4-9,13-16,35H,3,10-12H2,1H3,(H,33,34). The zero-order valence-electron chi connectivity index (χ0n) is 20.8. The summed E-state index contributed by atoms with van der Waals surface area (Å²) < 4.78 is 28.6. The van der Waals surface area contributed by atoms with Crippen molar-refractivity contribution in [1.29, 1.82) is 0 Å². The summed E-state index contributed by atoms with van der Waals surface area (Å²) in [6, 6.07) is 11.3. The average molecular weight is 582 g/mol. The van der Waals surface area contributed by atoms with Crippen molar-refractivity contribution in [2.24, 2.45) is 0 Å². The molecule has 39 heavy (non-hydrogen) atoms. The smallest absolute Gasteiger partial charge is 0.335 e. The number of allylic oxidation sites excluding steroid dienone is 3. The minimum Gasteiger partial charge on any atom is -0.478 e. The van der Waals surface area contributed by atoms with Crippen molar-refractivity contribution in [3.05, 3.63) is 87.5 Å². The number of nitrogens with zero attached hydrogens (tertiary/aromatic N) is 3. The maximum atomic E-state index is 14.4. The van der Waals surface area contributed by atoms with E-state index in [0.717, 1.165) is 11.3 Å². The van der Waals surface area contributed by atoms with Crippen molar-refractivity contribution < 1.29 is 23.4 Å². The molecule has 0 spiro atoms. The highest BCUT2D eigenvalue weighted by molar-refractivity contribution is 7.91. The van der Waals surface area contributed by atoms with Gasteiger partial charge in [0.05, 0.1) is 16.1 Å². The molecule has 1 fully saturated rings. The number of hydrogen-bond donors (Lipinski definition) is 2. The molecule has 1 aromatic carbocycles. The van der Waals surface area contributed by atoms with Gasteiger partial charge in [0, 0.05) is 28.4 Å². The topological polar surface area (TPSA) is 122 Å². The zero-order valence-corrected chi connectivity index (χ0v) is 23.2. The van der Waals surface area contributed by atoms with Gasteiger partial charge in [-0.15, -0.1) is 11.3 Å². The van der Waals surface area contributed by atoms with Crippen LogP contribution in [0.4, 0.5) is 0 Å². The zero-order chi connectivity index (χ0) is 27.6. The third-order valence-electron chi connectivity index (χ3n) is 7.53. The van der Waals surface area contributed by atoms with Crippen LogP contribution in [0.5, 0.6) is 0 Å². The number of pyridine rings is 1. The Hall–Kier alpha value is -3.31. The highest BCUT2D eigenvalue weighted by Crippen LogP contribution is 2.46. The highest BCUT2D eigenvalue weighted by atomic mass is 35.5. The van der Waals surface area contributed by atoms with Gasteiger partial charge in [-0.3, -0.25) is 0 Å². The van der Waals surface area contributed by atoms with Crippen LogP contribution in [0.3, 0.4) is 0 Å². The largest absolute Gasteiger partial charge is 0.478 e. The van der Waals surface area contributed by atoms with Crippen molar-refractivity contribution in [1.82, 2.24) is 13.9 Å². The molecule has 200 valence electrons. The molecular formula is C28H24ClN3O5S2. The Kier molecular flexibility index (Phi) is 6.07. The molecule has 6 rings (SSSR count). The summed E-state index contributed by atoms with van der Waals surface area (Å²) >= 11 is 8.10. The number of thiazole rings is 1. The first-order valence-electron chi connectivity index (χ1n) is 12.4. The van der Waals surface area contributed by atoms with E-state index in [1.165, 1.54) is 33.6 Å². The van der Waals surface area contributed by atoms with Gasteiger partial charge < -0.3 is 10.2 Å². The molecule has 1 saturated carbocycles. The normalized spacial score (nSPS) is 20.8. The van der Waals surface area contributed by atoms with Crippen LogP contribution in [0.1, 0.15) is 52.8 Å². The first kappa shape index (κ1) is 25.9. The summed E-state index contributed by atoms with van der Waals surface area (Å²) in [7, 11) is -4.12. The number of aromatic carboxylic acids is 1. The molecular weight excluding hydrogens is 558 g/mol. The second kappa shape index (κ2) is 9.12. The van der Waals surface area contributed by atoms with E-state index in [1.54, 1.807) is 49.5 Å². The van der Waals surface area contributed by atoms with E-state index in [1.807, 2.05) is 6.08 Å². The molecule has 2 N–H and O–H groups in total. The lowest BCUT2D eigenvalue weighted by Crippen LogP contribution is -2.39. The molecule has 0 saturated heterocycles. The van der Waals surface area contributed by atoms with Crippen molar-refractivity contribution in [3.63, 3.8) is 0 Å². The van der Waals surface area contributed by atoms with Gasteiger partial charge in [0.15, 0.2) is 5.65 Å². The second-order valence-corrected chi connectivity index (χ2v) is 13.8. The lowest BCUT2D eigenvalue weighted by molar-refractivity contribution is -0.0389. The number of rotatable bonds is 6. The van der Waals surface area contributed by atoms with E-state index in [0.29, 0.717) is 45.1 Å². The number of carboxylic acids is 1. The summed E-state index contributed by atoms with van der Waals surface area (Å²) in [6.07, 6.45) is 9.05. The van der Waals surface area contributed by atoms with Crippen LogP contribution in [0, 0.1) is 0 Å². The van der Waals surface area contributed by atoms with Crippen molar-refractivity contribution in [3.8, 4) is 11.3 Å². The Morgan fingerprint density at radius 2 is 1.90 bits per heavy atom. The molecule has 3 heterocycles. The lowest BCUT2D eigenvalue weighted by atomic mass is 9.81. The number of fused-ring (bicyclic) bond motifs is 1. The Labute approximate surface area is 234 Å². The fourth-order valence-corrected chi connectivity index (χ4v) is 8.42. The quantitative estimate of drug-likeness (QED) is 0.296. The van der Waals surface area contributed by atoms with Gasteiger partial charge in [0.2, 0.25) is 10.0 Å².